The van der Waals surface area contributed by atoms with Crippen molar-refractivity contribution in [1.29, 1.82) is 0 Å². The highest BCUT2D eigenvalue weighted by atomic mass is 16.5. The predicted octanol–water partition coefficient (Wildman–Crippen LogP) is 2.54. The largest absolute Gasteiger partial charge is 0.481 e. The lowest BCUT2D eigenvalue weighted by Crippen LogP contribution is -2.45. The van der Waals surface area contributed by atoms with Gasteiger partial charge in [-0.05, 0) is 31.9 Å². The third-order valence-electron chi connectivity index (χ3n) is 3.96. The van der Waals surface area contributed by atoms with E-state index in [4.69, 9.17) is 9.84 Å². The van der Waals surface area contributed by atoms with Crippen LogP contribution in [0.25, 0.3) is 0 Å². The van der Waals surface area contributed by atoms with E-state index in [0.29, 0.717) is 13.2 Å². The number of carbonyl (C=O) groups is 1. The summed E-state index contributed by atoms with van der Waals surface area (Å²) in [6, 6.07) is 6.67. The molecule has 1 aliphatic rings. The maximum absolute atomic E-state index is 10.7. The molecule has 0 saturated carbocycles. The normalized spacial score (nSPS) is 23.8. The molecule has 1 fully saturated rings. The number of carboxylic acid groups (broad SMARTS) is 1. The second-order valence-corrected chi connectivity index (χ2v) is 5.67. The summed E-state index contributed by atoms with van der Waals surface area (Å²) in [5, 5.41) is 8.84. The molecule has 0 amide bonds. The van der Waals surface area contributed by atoms with Gasteiger partial charge in [0.2, 0.25) is 0 Å². The van der Waals surface area contributed by atoms with Crippen molar-refractivity contribution in [1.82, 2.24) is 4.90 Å². The molecular weight excluding hydrogens is 254 g/mol. The van der Waals surface area contributed by atoms with Crippen molar-refractivity contribution in [3.05, 3.63) is 34.9 Å². The van der Waals surface area contributed by atoms with Crippen molar-refractivity contribution < 1.29 is 14.6 Å². The van der Waals surface area contributed by atoms with Crippen LogP contribution in [-0.4, -0.2) is 41.7 Å². The van der Waals surface area contributed by atoms with Crippen LogP contribution in [0.1, 0.15) is 36.1 Å². The Morgan fingerprint density at radius 2 is 2.20 bits per heavy atom. The molecule has 4 heteroatoms. The number of morpholine rings is 1. The summed E-state index contributed by atoms with van der Waals surface area (Å²) in [6.07, 6.45) is 0.226. The number of hydrogen-bond donors (Lipinski definition) is 1. The van der Waals surface area contributed by atoms with E-state index in [2.05, 4.69) is 43.9 Å². The Balaban J connectivity index is 2.09. The second kappa shape index (κ2) is 6.37. The van der Waals surface area contributed by atoms with Gasteiger partial charge in [0.1, 0.15) is 0 Å². The van der Waals surface area contributed by atoms with Gasteiger partial charge in [-0.25, -0.2) is 0 Å². The summed E-state index contributed by atoms with van der Waals surface area (Å²) in [7, 11) is 0. The van der Waals surface area contributed by atoms with Crippen molar-refractivity contribution in [2.24, 2.45) is 0 Å². The summed E-state index contributed by atoms with van der Waals surface area (Å²) in [6.45, 7) is 8.26. The van der Waals surface area contributed by atoms with Crippen LogP contribution < -0.4 is 0 Å². The zero-order valence-electron chi connectivity index (χ0n) is 12.4. The van der Waals surface area contributed by atoms with Crippen LogP contribution in [0.4, 0.5) is 0 Å². The molecule has 0 aliphatic carbocycles. The van der Waals surface area contributed by atoms with Crippen LogP contribution >= 0.6 is 0 Å². The highest BCUT2D eigenvalue weighted by molar-refractivity contribution is 5.66. The number of aliphatic carboxylic acids is 1. The van der Waals surface area contributed by atoms with E-state index in [1.54, 1.807) is 0 Å². The number of rotatable bonds is 4. The molecule has 1 N–H and O–H groups in total. The van der Waals surface area contributed by atoms with Gasteiger partial charge >= 0.3 is 5.97 Å². The first-order valence-electron chi connectivity index (χ1n) is 7.12. The minimum absolute atomic E-state index is 0.0416. The van der Waals surface area contributed by atoms with E-state index in [1.165, 1.54) is 16.7 Å². The van der Waals surface area contributed by atoms with Crippen LogP contribution in [-0.2, 0) is 9.53 Å². The Bertz CT molecular complexity index is 487. The molecular formula is C16H23NO3. The highest BCUT2D eigenvalue weighted by Crippen LogP contribution is 2.28. The zero-order valence-corrected chi connectivity index (χ0v) is 12.4. The number of benzene rings is 1. The fraction of sp³-hybridized carbons (Fsp3) is 0.562. The van der Waals surface area contributed by atoms with E-state index in [9.17, 15) is 4.79 Å². The van der Waals surface area contributed by atoms with Gasteiger partial charge in [-0.3, -0.25) is 9.69 Å². The predicted molar refractivity (Wildman–Crippen MR) is 77.9 cm³/mol. The summed E-state index contributed by atoms with van der Waals surface area (Å²) in [5.74, 6) is -0.744. The molecule has 0 radical (unpaired) electrons. The Labute approximate surface area is 120 Å². The third kappa shape index (κ3) is 3.58. The van der Waals surface area contributed by atoms with Crippen LogP contribution in [0.3, 0.4) is 0 Å². The summed E-state index contributed by atoms with van der Waals surface area (Å²) < 4.78 is 5.96. The second-order valence-electron chi connectivity index (χ2n) is 5.67. The number of aryl methyl sites for hydroxylation is 2. The Hall–Kier alpha value is -1.39. The number of nitrogens with zero attached hydrogens (tertiary/aromatic N) is 1. The van der Waals surface area contributed by atoms with Gasteiger partial charge in [0, 0.05) is 19.1 Å². The van der Waals surface area contributed by atoms with Crippen LogP contribution in [0.2, 0.25) is 0 Å². The lowest BCUT2D eigenvalue weighted by Gasteiger charge is -2.38. The van der Waals surface area contributed by atoms with Gasteiger partial charge in [0.25, 0.3) is 0 Å². The molecule has 110 valence electrons. The maximum Gasteiger partial charge on any atom is 0.304 e. The van der Waals surface area contributed by atoms with E-state index in [-0.39, 0.29) is 18.6 Å². The fourth-order valence-corrected chi connectivity index (χ4v) is 2.65. The lowest BCUT2D eigenvalue weighted by molar-refractivity contribution is -0.138. The minimum Gasteiger partial charge on any atom is -0.481 e. The first-order chi connectivity index (χ1) is 9.47. The fourth-order valence-electron chi connectivity index (χ4n) is 2.65. The standard InChI is InChI=1S/C16H23NO3/c1-11-4-5-12(2)14(8-11)15-9-17(7-6-16(18)19)13(3)10-20-15/h4-5,8,13,15H,6-7,9-10H2,1-3H3,(H,18,19)/t13-,15-/m1/s1. The smallest absolute Gasteiger partial charge is 0.304 e. The van der Waals surface area contributed by atoms with Gasteiger partial charge in [-0.15, -0.1) is 0 Å². The monoisotopic (exact) mass is 277 g/mol. The SMILES string of the molecule is Cc1ccc(C)c([C@H]2CN(CCC(=O)O)[C@H](C)CO2)c1. The van der Waals surface area contributed by atoms with Gasteiger partial charge in [-0.1, -0.05) is 23.8 Å². The number of carboxylic acids is 1. The molecule has 20 heavy (non-hydrogen) atoms. The molecule has 1 heterocycles. The average molecular weight is 277 g/mol. The molecule has 0 aromatic heterocycles. The molecule has 1 aromatic carbocycles. The Kier molecular flexibility index (Phi) is 4.78. The maximum atomic E-state index is 10.7. The van der Waals surface area contributed by atoms with E-state index < -0.39 is 5.97 Å². The summed E-state index contributed by atoms with van der Waals surface area (Å²) in [5.41, 5.74) is 3.68. The first-order valence-corrected chi connectivity index (χ1v) is 7.12. The molecule has 2 atom stereocenters. The van der Waals surface area contributed by atoms with E-state index in [1.807, 2.05) is 0 Å². The van der Waals surface area contributed by atoms with Crippen LogP contribution in [0.15, 0.2) is 18.2 Å². The zero-order chi connectivity index (χ0) is 14.7. The van der Waals surface area contributed by atoms with E-state index in [0.717, 1.165) is 6.54 Å². The minimum atomic E-state index is -0.744. The average Bonchev–Trinajstić information content (AvgIpc) is 2.40. The van der Waals surface area contributed by atoms with Gasteiger partial charge in [-0.2, -0.15) is 0 Å². The molecule has 0 bridgehead atoms. The van der Waals surface area contributed by atoms with Crippen LogP contribution in [0, 0.1) is 13.8 Å². The van der Waals surface area contributed by atoms with Crippen molar-refractivity contribution in [2.45, 2.75) is 39.3 Å². The van der Waals surface area contributed by atoms with Gasteiger partial charge in [0.15, 0.2) is 0 Å². The van der Waals surface area contributed by atoms with Crippen molar-refractivity contribution in [3.63, 3.8) is 0 Å². The third-order valence-corrected chi connectivity index (χ3v) is 3.96. The molecule has 1 aliphatic heterocycles. The molecule has 4 nitrogen and oxygen atoms in total. The topological polar surface area (TPSA) is 49.8 Å². The lowest BCUT2D eigenvalue weighted by atomic mass is 9.99. The highest BCUT2D eigenvalue weighted by Gasteiger charge is 2.28. The van der Waals surface area contributed by atoms with Crippen molar-refractivity contribution in [3.8, 4) is 0 Å². The van der Waals surface area contributed by atoms with E-state index >= 15 is 0 Å². The molecule has 1 saturated heterocycles. The molecule has 2 rings (SSSR count). The molecule has 0 unspecified atom stereocenters. The quantitative estimate of drug-likeness (QED) is 0.919. The van der Waals surface area contributed by atoms with Crippen molar-refractivity contribution >= 4 is 5.97 Å². The van der Waals surface area contributed by atoms with Crippen molar-refractivity contribution in [2.75, 3.05) is 19.7 Å². The van der Waals surface area contributed by atoms with Gasteiger partial charge in [0.05, 0.1) is 19.1 Å². The molecule has 0 spiro atoms. The number of ether oxygens (including phenoxy) is 1. The Morgan fingerprint density at radius 3 is 2.90 bits per heavy atom. The summed E-state index contributed by atoms with van der Waals surface area (Å²) in [4.78, 5) is 13.0. The van der Waals surface area contributed by atoms with Crippen LogP contribution in [0.5, 0.6) is 0 Å². The first kappa shape index (κ1) is 15.0. The number of hydrogen-bond acceptors (Lipinski definition) is 3. The molecule has 1 aromatic rings. The van der Waals surface area contributed by atoms with Gasteiger partial charge < -0.3 is 9.84 Å². The summed E-state index contributed by atoms with van der Waals surface area (Å²) >= 11 is 0. The Morgan fingerprint density at radius 1 is 1.45 bits per heavy atom.